The van der Waals surface area contributed by atoms with Gasteiger partial charge >= 0.3 is 5.97 Å². The van der Waals surface area contributed by atoms with E-state index in [0.717, 1.165) is 34.7 Å². The van der Waals surface area contributed by atoms with Gasteiger partial charge in [0, 0.05) is 28.9 Å². The number of carboxylic acid groups (broad SMARTS) is 1. The minimum atomic E-state index is -1.03. The van der Waals surface area contributed by atoms with Gasteiger partial charge in [-0.05, 0) is 68.1 Å². The Labute approximate surface area is 176 Å². The summed E-state index contributed by atoms with van der Waals surface area (Å²) in [6.45, 7) is 8.43. The van der Waals surface area contributed by atoms with Crippen molar-refractivity contribution in [1.29, 1.82) is 0 Å². The summed E-state index contributed by atoms with van der Waals surface area (Å²) in [6.07, 6.45) is 2.98. The molecule has 0 aliphatic carbocycles. The number of hydrogen-bond acceptors (Lipinski definition) is 2. The standard InChI is InChI=1S/C24H25ClN2O2/c1-5-15(2)18-6-8-20(9-7-18)26-14-19-12-16(3)27(17(19)4)21-10-11-22(24(28)29)23(25)13-21/h6-15H,5H2,1-4H3,(H,28,29)/t15-/m1/s1. The number of hydrogen-bond donors (Lipinski definition) is 1. The van der Waals surface area contributed by atoms with E-state index in [1.165, 1.54) is 11.6 Å². The van der Waals surface area contributed by atoms with Gasteiger partial charge in [-0.25, -0.2) is 4.79 Å². The van der Waals surface area contributed by atoms with E-state index < -0.39 is 5.97 Å². The van der Waals surface area contributed by atoms with Gasteiger partial charge in [0.05, 0.1) is 16.3 Å². The normalized spacial score (nSPS) is 12.4. The van der Waals surface area contributed by atoms with Crippen molar-refractivity contribution in [3.05, 3.63) is 81.6 Å². The highest BCUT2D eigenvalue weighted by Gasteiger charge is 2.13. The summed E-state index contributed by atoms with van der Waals surface area (Å²) in [5.74, 6) is -0.485. The number of aromatic nitrogens is 1. The van der Waals surface area contributed by atoms with Crippen LogP contribution in [0.1, 0.15) is 59.1 Å². The van der Waals surface area contributed by atoms with Crippen molar-refractivity contribution in [1.82, 2.24) is 4.57 Å². The van der Waals surface area contributed by atoms with E-state index in [1.807, 2.05) is 36.8 Å². The molecular weight excluding hydrogens is 384 g/mol. The van der Waals surface area contributed by atoms with Crippen molar-refractivity contribution in [3.8, 4) is 5.69 Å². The zero-order valence-corrected chi connectivity index (χ0v) is 17.9. The van der Waals surface area contributed by atoms with Gasteiger partial charge in [0.25, 0.3) is 0 Å². The lowest BCUT2D eigenvalue weighted by atomic mass is 9.99. The molecule has 0 fully saturated rings. The molecule has 0 saturated carbocycles. The molecule has 2 aromatic carbocycles. The lowest BCUT2D eigenvalue weighted by molar-refractivity contribution is 0.0697. The number of carbonyl (C=O) groups is 1. The molecule has 0 radical (unpaired) electrons. The molecule has 1 heterocycles. The second-order valence-corrected chi connectivity index (χ2v) is 7.70. The topological polar surface area (TPSA) is 54.6 Å². The number of nitrogens with zero attached hydrogens (tertiary/aromatic N) is 2. The number of aliphatic imine (C=N–C) groups is 1. The van der Waals surface area contributed by atoms with Gasteiger partial charge in [0.2, 0.25) is 0 Å². The zero-order chi connectivity index (χ0) is 21.1. The zero-order valence-electron chi connectivity index (χ0n) is 17.1. The van der Waals surface area contributed by atoms with Gasteiger partial charge in [-0.2, -0.15) is 0 Å². The van der Waals surface area contributed by atoms with Crippen LogP contribution < -0.4 is 0 Å². The molecule has 1 N–H and O–H groups in total. The molecule has 0 aliphatic rings. The summed E-state index contributed by atoms with van der Waals surface area (Å²) in [7, 11) is 0. The van der Waals surface area contributed by atoms with Crippen LogP contribution in [-0.4, -0.2) is 21.9 Å². The molecule has 0 amide bonds. The molecule has 0 saturated heterocycles. The van der Waals surface area contributed by atoms with Crippen LogP contribution in [0.3, 0.4) is 0 Å². The van der Waals surface area contributed by atoms with E-state index in [9.17, 15) is 9.90 Å². The number of aromatic carboxylic acids is 1. The number of benzene rings is 2. The average molecular weight is 409 g/mol. The maximum absolute atomic E-state index is 11.2. The molecular formula is C24H25ClN2O2. The first-order valence-electron chi connectivity index (χ1n) is 9.68. The Morgan fingerprint density at radius 1 is 1.17 bits per heavy atom. The van der Waals surface area contributed by atoms with Crippen molar-refractivity contribution < 1.29 is 9.90 Å². The Balaban J connectivity index is 1.89. The Morgan fingerprint density at radius 2 is 1.86 bits per heavy atom. The third-order valence-corrected chi connectivity index (χ3v) is 5.65. The Kier molecular flexibility index (Phi) is 6.23. The van der Waals surface area contributed by atoms with E-state index in [1.54, 1.807) is 12.1 Å². The maximum atomic E-state index is 11.2. The minimum absolute atomic E-state index is 0.0977. The molecule has 0 bridgehead atoms. The summed E-state index contributed by atoms with van der Waals surface area (Å²) in [6, 6.07) is 15.4. The predicted octanol–water partition coefficient (Wildman–Crippen LogP) is 6.71. The van der Waals surface area contributed by atoms with Crippen LogP contribution >= 0.6 is 11.6 Å². The maximum Gasteiger partial charge on any atom is 0.337 e. The van der Waals surface area contributed by atoms with Crippen LogP contribution in [0.25, 0.3) is 5.69 Å². The molecule has 0 unspecified atom stereocenters. The summed E-state index contributed by atoms with van der Waals surface area (Å²) in [5, 5.41) is 9.39. The minimum Gasteiger partial charge on any atom is -0.478 e. The van der Waals surface area contributed by atoms with Crippen molar-refractivity contribution in [2.75, 3.05) is 0 Å². The largest absolute Gasteiger partial charge is 0.478 e. The van der Waals surface area contributed by atoms with Crippen LogP contribution in [0.4, 0.5) is 5.69 Å². The van der Waals surface area contributed by atoms with Gasteiger partial charge in [0.15, 0.2) is 0 Å². The number of rotatable bonds is 6. The molecule has 3 aromatic rings. The molecule has 1 atom stereocenters. The van der Waals surface area contributed by atoms with Gasteiger partial charge in [0.1, 0.15) is 0 Å². The lowest BCUT2D eigenvalue weighted by Gasteiger charge is -2.11. The molecule has 29 heavy (non-hydrogen) atoms. The molecule has 150 valence electrons. The first kappa shape index (κ1) is 20.9. The molecule has 3 rings (SSSR count). The third kappa shape index (κ3) is 4.43. The van der Waals surface area contributed by atoms with E-state index >= 15 is 0 Å². The quantitative estimate of drug-likeness (QED) is 0.461. The molecule has 0 aliphatic heterocycles. The SMILES string of the molecule is CC[C@@H](C)c1ccc(N=Cc2cc(C)n(-c3ccc(C(=O)O)c(Cl)c3)c2C)cc1. The average Bonchev–Trinajstić information content (AvgIpc) is 2.99. The Morgan fingerprint density at radius 3 is 2.45 bits per heavy atom. The highest BCUT2D eigenvalue weighted by Crippen LogP contribution is 2.26. The highest BCUT2D eigenvalue weighted by molar-refractivity contribution is 6.33. The summed E-state index contributed by atoms with van der Waals surface area (Å²) < 4.78 is 2.05. The molecule has 4 nitrogen and oxygen atoms in total. The van der Waals surface area contributed by atoms with E-state index in [0.29, 0.717) is 5.92 Å². The molecule has 1 aromatic heterocycles. The van der Waals surface area contributed by atoms with Crippen molar-refractivity contribution in [3.63, 3.8) is 0 Å². The van der Waals surface area contributed by atoms with Gasteiger partial charge in [-0.15, -0.1) is 0 Å². The fourth-order valence-electron chi connectivity index (χ4n) is 3.40. The third-order valence-electron chi connectivity index (χ3n) is 5.34. The second kappa shape index (κ2) is 8.66. The molecule has 0 spiro atoms. The smallest absolute Gasteiger partial charge is 0.337 e. The van der Waals surface area contributed by atoms with Gasteiger partial charge in [-0.1, -0.05) is 37.6 Å². The highest BCUT2D eigenvalue weighted by atomic mass is 35.5. The van der Waals surface area contributed by atoms with Crippen LogP contribution in [0, 0.1) is 13.8 Å². The van der Waals surface area contributed by atoms with Crippen molar-refractivity contribution in [2.24, 2.45) is 4.99 Å². The first-order chi connectivity index (χ1) is 13.8. The van der Waals surface area contributed by atoms with Crippen LogP contribution in [0.15, 0.2) is 53.5 Å². The summed E-state index contributed by atoms with van der Waals surface area (Å²) in [4.78, 5) is 15.8. The van der Waals surface area contributed by atoms with Gasteiger partial charge in [-0.3, -0.25) is 4.99 Å². The van der Waals surface area contributed by atoms with E-state index in [2.05, 4.69) is 37.0 Å². The second-order valence-electron chi connectivity index (χ2n) is 7.29. The van der Waals surface area contributed by atoms with Gasteiger partial charge < -0.3 is 9.67 Å². The monoisotopic (exact) mass is 408 g/mol. The fraction of sp³-hybridized carbons (Fsp3) is 0.250. The Bertz CT molecular complexity index is 1070. The number of aryl methyl sites for hydroxylation is 1. The predicted molar refractivity (Wildman–Crippen MR) is 120 cm³/mol. The van der Waals surface area contributed by atoms with E-state index in [-0.39, 0.29) is 10.6 Å². The Hall–Kier alpha value is -2.85. The lowest BCUT2D eigenvalue weighted by Crippen LogP contribution is -2.02. The number of carboxylic acids is 1. The first-order valence-corrected chi connectivity index (χ1v) is 10.1. The number of halogens is 1. The van der Waals surface area contributed by atoms with Crippen LogP contribution in [-0.2, 0) is 0 Å². The summed E-state index contributed by atoms with van der Waals surface area (Å²) in [5.41, 5.74) is 6.21. The van der Waals surface area contributed by atoms with Crippen LogP contribution in [0.2, 0.25) is 5.02 Å². The van der Waals surface area contributed by atoms with Crippen molar-refractivity contribution >= 4 is 29.5 Å². The molecule has 5 heteroatoms. The van der Waals surface area contributed by atoms with Crippen LogP contribution in [0.5, 0.6) is 0 Å². The fourth-order valence-corrected chi connectivity index (χ4v) is 3.66. The summed E-state index contributed by atoms with van der Waals surface area (Å²) >= 11 is 6.15. The van der Waals surface area contributed by atoms with Crippen molar-refractivity contribution in [2.45, 2.75) is 40.0 Å². The van der Waals surface area contributed by atoms with E-state index in [4.69, 9.17) is 11.6 Å².